The van der Waals surface area contributed by atoms with Gasteiger partial charge >= 0.3 is 23.9 Å². The molecule has 41 heavy (non-hydrogen) atoms. The Morgan fingerprint density at radius 2 is 1.41 bits per heavy atom. The first-order valence-corrected chi connectivity index (χ1v) is 13.6. The highest BCUT2D eigenvalue weighted by Gasteiger charge is 2.30. The van der Waals surface area contributed by atoms with E-state index in [1.807, 2.05) is 18.0 Å². The number of pyridine rings is 1. The molecule has 0 saturated carbocycles. The van der Waals surface area contributed by atoms with Crippen molar-refractivity contribution in [3.63, 3.8) is 0 Å². The number of piperazine rings is 1. The molecule has 11 nitrogen and oxygen atoms in total. The quantitative estimate of drug-likeness (QED) is 0.364. The lowest BCUT2D eigenvalue weighted by Gasteiger charge is -2.38. The SMILES string of the molecule is CC(C)c1ccc2c(c1)C(N1CCN(C)CC1)Cc1cccnc1S2.O=C(O)/C=C\C(=O)O.O=C(O)/C=C\C(=O)O. The molecule has 2 aliphatic rings. The summed E-state index contributed by atoms with van der Waals surface area (Å²) in [5.41, 5.74) is 4.33. The van der Waals surface area contributed by atoms with E-state index in [0.717, 1.165) is 32.6 Å². The minimum Gasteiger partial charge on any atom is -0.478 e. The van der Waals surface area contributed by atoms with Gasteiger partial charge in [-0.25, -0.2) is 24.2 Å². The van der Waals surface area contributed by atoms with E-state index in [9.17, 15) is 19.2 Å². The number of hydrogen-bond acceptors (Lipinski definition) is 8. The van der Waals surface area contributed by atoms with Gasteiger partial charge in [0.05, 0.1) is 0 Å². The van der Waals surface area contributed by atoms with Gasteiger partial charge in [-0.1, -0.05) is 43.8 Å². The maximum atomic E-state index is 9.55. The molecule has 220 valence electrons. The summed E-state index contributed by atoms with van der Waals surface area (Å²) in [4.78, 5) is 49.4. The van der Waals surface area contributed by atoms with Crippen molar-refractivity contribution in [1.82, 2.24) is 14.8 Å². The summed E-state index contributed by atoms with van der Waals surface area (Å²) >= 11 is 1.84. The zero-order valence-corrected chi connectivity index (χ0v) is 24.0. The van der Waals surface area contributed by atoms with Crippen molar-refractivity contribution >= 4 is 35.6 Å². The highest BCUT2D eigenvalue weighted by molar-refractivity contribution is 7.99. The maximum absolute atomic E-state index is 9.55. The molecule has 0 bridgehead atoms. The minimum absolute atomic E-state index is 0.459. The highest BCUT2D eigenvalue weighted by Crippen LogP contribution is 2.43. The molecule has 4 rings (SSSR count). The monoisotopic (exact) mass is 585 g/mol. The number of aromatic nitrogens is 1. The second-order valence-corrected chi connectivity index (χ2v) is 10.6. The lowest BCUT2D eigenvalue weighted by Crippen LogP contribution is -2.46. The lowest BCUT2D eigenvalue weighted by atomic mass is 9.93. The average molecular weight is 586 g/mol. The van der Waals surface area contributed by atoms with Gasteiger partial charge < -0.3 is 25.3 Å². The molecule has 0 amide bonds. The molecule has 3 heterocycles. The van der Waals surface area contributed by atoms with Crippen LogP contribution in [0, 0.1) is 0 Å². The molecule has 4 N–H and O–H groups in total. The van der Waals surface area contributed by atoms with E-state index in [2.05, 4.69) is 66.0 Å². The maximum Gasteiger partial charge on any atom is 0.328 e. The van der Waals surface area contributed by atoms with Crippen molar-refractivity contribution in [1.29, 1.82) is 0 Å². The van der Waals surface area contributed by atoms with Gasteiger partial charge in [-0.3, -0.25) is 4.90 Å². The summed E-state index contributed by atoms with van der Waals surface area (Å²) in [6.45, 7) is 9.17. The Kier molecular flexibility index (Phi) is 13.2. The zero-order valence-electron chi connectivity index (χ0n) is 23.1. The highest BCUT2D eigenvalue weighted by atomic mass is 32.2. The van der Waals surface area contributed by atoms with Gasteiger partial charge in [-0.05, 0) is 48.2 Å². The van der Waals surface area contributed by atoms with Gasteiger partial charge in [0.15, 0.2) is 0 Å². The fourth-order valence-corrected chi connectivity index (χ4v) is 5.17. The van der Waals surface area contributed by atoms with Crippen molar-refractivity contribution in [2.24, 2.45) is 0 Å². The lowest BCUT2D eigenvalue weighted by molar-refractivity contribution is -0.134. The van der Waals surface area contributed by atoms with Crippen molar-refractivity contribution in [2.75, 3.05) is 33.2 Å². The van der Waals surface area contributed by atoms with E-state index in [1.54, 1.807) is 0 Å². The largest absolute Gasteiger partial charge is 0.478 e. The molecule has 1 aromatic heterocycles. The Morgan fingerprint density at radius 3 is 1.90 bits per heavy atom. The van der Waals surface area contributed by atoms with Crippen LogP contribution in [0.2, 0.25) is 0 Å². The molecule has 1 saturated heterocycles. The fraction of sp³-hybridized carbons (Fsp3) is 0.345. The molecule has 1 fully saturated rings. The fourth-order valence-electron chi connectivity index (χ4n) is 4.12. The van der Waals surface area contributed by atoms with E-state index in [0.29, 0.717) is 36.3 Å². The number of aliphatic carboxylic acids is 4. The third kappa shape index (κ3) is 11.6. The van der Waals surface area contributed by atoms with Crippen LogP contribution in [-0.2, 0) is 25.6 Å². The van der Waals surface area contributed by atoms with E-state index < -0.39 is 23.9 Å². The molecule has 0 aliphatic carbocycles. The topological polar surface area (TPSA) is 169 Å². The number of carboxylic acid groups (broad SMARTS) is 4. The van der Waals surface area contributed by atoms with Crippen LogP contribution in [0.3, 0.4) is 0 Å². The number of fused-ring (bicyclic) bond motifs is 2. The first-order valence-electron chi connectivity index (χ1n) is 12.8. The van der Waals surface area contributed by atoms with Crippen LogP contribution < -0.4 is 0 Å². The van der Waals surface area contributed by atoms with Crippen molar-refractivity contribution in [3.05, 3.63) is 77.5 Å². The van der Waals surface area contributed by atoms with Gasteiger partial charge in [0, 0.05) is 67.6 Å². The Hall–Kier alpha value is -4.00. The van der Waals surface area contributed by atoms with E-state index in [1.165, 1.54) is 26.6 Å². The molecule has 1 atom stereocenters. The van der Waals surface area contributed by atoms with Gasteiger partial charge in [0.2, 0.25) is 0 Å². The van der Waals surface area contributed by atoms with Crippen molar-refractivity contribution in [2.45, 2.75) is 42.1 Å². The number of rotatable bonds is 6. The van der Waals surface area contributed by atoms with Crippen molar-refractivity contribution in [3.8, 4) is 0 Å². The van der Waals surface area contributed by atoms with E-state index in [4.69, 9.17) is 20.4 Å². The van der Waals surface area contributed by atoms with Crippen LogP contribution in [0.5, 0.6) is 0 Å². The second kappa shape index (κ2) is 16.3. The third-order valence-electron chi connectivity index (χ3n) is 6.24. The molecule has 1 aromatic carbocycles. The van der Waals surface area contributed by atoms with Gasteiger partial charge in [0.25, 0.3) is 0 Å². The first kappa shape index (κ1) is 33.2. The van der Waals surface area contributed by atoms with E-state index in [-0.39, 0.29) is 0 Å². The van der Waals surface area contributed by atoms with Gasteiger partial charge in [0.1, 0.15) is 5.03 Å². The smallest absolute Gasteiger partial charge is 0.328 e. The van der Waals surface area contributed by atoms with Gasteiger partial charge in [-0.2, -0.15) is 0 Å². The van der Waals surface area contributed by atoms with Crippen molar-refractivity contribution < 1.29 is 39.6 Å². The Balaban J connectivity index is 0.000000304. The standard InChI is InChI=1S/C21H27N3S.2C4H4O4/c1-15(2)16-6-7-20-18(13-16)19(24-11-9-23(3)10-12-24)14-17-5-4-8-22-21(17)25-20;2*5-3(6)1-2-4(7)8/h4-8,13,15,19H,9-12,14H2,1-3H3;2*1-2H,(H,5,6)(H,7,8)/b;2*2-1-. The molecule has 2 aliphatic heterocycles. The molecule has 12 heteroatoms. The summed E-state index contributed by atoms with van der Waals surface area (Å²) in [5.74, 6) is -4.47. The summed E-state index contributed by atoms with van der Waals surface area (Å²) in [7, 11) is 2.23. The predicted octanol–water partition coefficient (Wildman–Crippen LogP) is 3.62. The number of carbonyl (C=O) groups is 4. The minimum atomic E-state index is -1.26. The summed E-state index contributed by atoms with van der Waals surface area (Å²) < 4.78 is 0. The third-order valence-corrected chi connectivity index (χ3v) is 7.40. The predicted molar refractivity (Wildman–Crippen MR) is 153 cm³/mol. The molecule has 1 unspecified atom stereocenters. The normalized spacial score (nSPS) is 16.9. The number of nitrogens with zero attached hydrogens (tertiary/aromatic N) is 3. The van der Waals surface area contributed by atoms with Crippen LogP contribution in [0.1, 0.15) is 42.5 Å². The summed E-state index contributed by atoms with van der Waals surface area (Å²) in [6.07, 6.45) is 5.22. The van der Waals surface area contributed by atoms with Crippen LogP contribution >= 0.6 is 11.8 Å². The van der Waals surface area contributed by atoms with Crippen LogP contribution in [0.15, 0.2) is 70.8 Å². The molecular formula is C29H35N3O8S. The molecular weight excluding hydrogens is 550 g/mol. The molecule has 0 radical (unpaired) electrons. The Morgan fingerprint density at radius 1 is 0.878 bits per heavy atom. The molecule has 2 aromatic rings. The zero-order chi connectivity index (χ0) is 30.5. The Bertz CT molecular complexity index is 1220. The number of hydrogen-bond donors (Lipinski definition) is 4. The van der Waals surface area contributed by atoms with E-state index >= 15 is 0 Å². The second-order valence-electron chi connectivity index (χ2n) is 9.60. The van der Waals surface area contributed by atoms with Crippen LogP contribution in [0.25, 0.3) is 0 Å². The van der Waals surface area contributed by atoms with Crippen LogP contribution in [0.4, 0.5) is 0 Å². The summed E-state index contributed by atoms with van der Waals surface area (Å²) in [5, 5.41) is 32.4. The molecule has 0 spiro atoms. The first-order chi connectivity index (χ1) is 19.4. The Labute approximate surface area is 242 Å². The number of benzene rings is 1. The number of likely N-dealkylation sites (N-methyl/N-ethyl adjacent to an activating group) is 1. The summed E-state index contributed by atoms with van der Waals surface area (Å²) in [6, 6.07) is 11.9. The number of carboxylic acids is 4. The van der Waals surface area contributed by atoms with Crippen LogP contribution in [-0.4, -0.2) is 92.3 Å². The van der Waals surface area contributed by atoms with Gasteiger partial charge in [-0.15, -0.1) is 0 Å². The average Bonchev–Trinajstić information content (AvgIpc) is 3.08.